The smallest absolute Gasteiger partial charge is 0.255 e. The van der Waals surface area contributed by atoms with Crippen molar-refractivity contribution < 1.29 is 9.53 Å². The Morgan fingerprint density at radius 1 is 1.40 bits per heavy atom. The van der Waals surface area contributed by atoms with Gasteiger partial charge >= 0.3 is 0 Å². The van der Waals surface area contributed by atoms with E-state index in [0.29, 0.717) is 17.6 Å². The Hall–Kier alpha value is -2.74. The Bertz CT molecular complexity index is 886. The maximum atomic E-state index is 12.6. The van der Waals surface area contributed by atoms with Crippen LogP contribution >= 0.6 is 0 Å². The minimum atomic E-state index is -0.146. The molecule has 4 heterocycles. The van der Waals surface area contributed by atoms with Crippen LogP contribution in [0, 0.1) is 5.92 Å². The summed E-state index contributed by atoms with van der Waals surface area (Å²) in [5, 5.41) is 11.2. The monoisotopic (exact) mass is 340 g/mol. The summed E-state index contributed by atoms with van der Waals surface area (Å²) in [6.07, 6.45) is 8.75. The van der Waals surface area contributed by atoms with Crippen LogP contribution in [0.4, 0.5) is 0 Å². The molecule has 0 aliphatic carbocycles. The molecular formula is C17H20N6O2. The first-order valence-electron chi connectivity index (χ1n) is 8.40. The number of fused-ring (bicyclic) bond motifs is 1. The Morgan fingerprint density at radius 2 is 2.32 bits per heavy atom. The quantitative estimate of drug-likeness (QED) is 0.775. The van der Waals surface area contributed by atoms with Gasteiger partial charge in [0.1, 0.15) is 17.4 Å². The van der Waals surface area contributed by atoms with Crippen molar-refractivity contribution in [2.24, 2.45) is 13.0 Å². The molecule has 0 radical (unpaired) electrons. The fourth-order valence-electron chi connectivity index (χ4n) is 3.32. The van der Waals surface area contributed by atoms with Gasteiger partial charge in [0, 0.05) is 44.7 Å². The van der Waals surface area contributed by atoms with Crippen molar-refractivity contribution in [3.05, 3.63) is 48.3 Å². The van der Waals surface area contributed by atoms with Crippen LogP contribution in [0.2, 0.25) is 0 Å². The summed E-state index contributed by atoms with van der Waals surface area (Å²) in [6, 6.07) is 3.62. The van der Waals surface area contributed by atoms with Crippen molar-refractivity contribution in [2.45, 2.75) is 18.9 Å². The summed E-state index contributed by atoms with van der Waals surface area (Å²) in [6.45, 7) is 1.26. The fraction of sp³-hybridized carbons (Fsp3) is 0.412. The second-order valence-corrected chi connectivity index (χ2v) is 6.26. The molecule has 1 saturated heterocycles. The molecule has 1 N–H and O–H groups in total. The second kappa shape index (κ2) is 6.64. The zero-order chi connectivity index (χ0) is 17.2. The van der Waals surface area contributed by atoms with Crippen LogP contribution in [-0.4, -0.2) is 43.4 Å². The predicted molar refractivity (Wildman–Crippen MR) is 89.9 cm³/mol. The predicted octanol–water partition coefficient (Wildman–Crippen LogP) is 1.36. The summed E-state index contributed by atoms with van der Waals surface area (Å²) in [5.41, 5.74) is 1.22. The van der Waals surface area contributed by atoms with Crippen molar-refractivity contribution in [1.29, 1.82) is 0 Å². The molecule has 0 aromatic carbocycles. The van der Waals surface area contributed by atoms with E-state index in [1.54, 1.807) is 24.7 Å². The number of ether oxygens (including phenoxy) is 1. The number of amides is 1. The number of aryl methyl sites for hydroxylation is 1. The summed E-state index contributed by atoms with van der Waals surface area (Å²) in [7, 11) is 1.96. The van der Waals surface area contributed by atoms with Gasteiger partial charge in [0.15, 0.2) is 0 Å². The normalized spacial score (nSPS) is 20.7. The zero-order valence-corrected chi connectivity index (χ0v) is 14.0. The standard InChI is InChI=1S/C17H20N6O2/c1-22-8-7-18-16(22)15-12(4-3-9-25-15)10-19-17(24)13-11-21-23-14(13)5-2-6-20-23/h2,5-8,11-12,15H,3-4,9-10H2,1H3,(H,19,24)/t12-,15+/m0/s1. The van der Waals surface area contributed by atoms with E-state index in [1.165, 1.54) is 4.63 Å². The van der Waals surface area contributed by atoms with Crippen LogP contribution < -0.4 is 5.32 Å². The maximum Gasteiger partial charge on any atom is 0.255 e. The van der Waals surface area contributed by atoms with E-state index in [2.05, 4.69) is 20.5 Å². The number of nitrogens with zero attached hydrogens (tertiary/aromatic N) is 5. The third-order valence-corrected chi connectivity index (χ3v) is 4.63. The molecule has 8 heteroatoms. The number of hydrogen-bond acceptors (Lipinski definition) is 5. The van der Waals surface area contributed by atoms with Gasteiger partial charge in [-0.05, 0) is 25.0 Å². The molecule has 2 atom stereocenters. The van der Waals surface area contributed by atoms with E-state index in [-0.39, 0.29) is 17.9 Å². The lowest BCUT2D eigenvalue weighted by Gasteiger charge is -2.31. The summed E-state index contributed by atoms with van der Waals surface area (Å²) < 4.78 is 9.38. The molecule has 1 amide bonds. The molecule has 1 aliphatic rings. The molecule has 0 saturated carbocycles. The van der Waals surface area contributed by atoms with Gasteiger partial charge in [-0.2, -0.15) is 14.8 Å². The molecule has 1 fully saturated rings. The highest BCUT2D eigenvalue weighted by molar-refractivity contribution is 6.00. The Labute approximate surface area is 144 Å². The zero-order valence-electron chi connectivity index (χ0n) is 14.0. The Balaban J connectivity index is 1.47. The minimum absolute atomic E-state index is 0.0976. The van der Waals surface area contributed by atoms with Gasteiger partial charge in [0.25, 0.3) is 5.91 Å². The average Bonchev–Trinajstić information content (AvgIpc) is 3.26. The molecule has 130 valence electrons. The van der Waals surface area contributed by atoms with Crippen molar-refractivity contribution in [3.8, 4) is 0 Å². The number of nitrogens with one attached hydrogen (secondary N) is 1. The van der Waals surface area contributed by atoms with E-state index < -0.39 is 0 Å². The largest absolute Gasteiger partial charge is 0.370 e. The minimum Gasteiger partial charge on any atom is -0.370 e. The van der Waals surface area contributed by atoms with E-state index in [9.17, 15) is 4.79 Å². The number of carbonyl (C=O) groups excluding carboxylic acids is 1. The van der Waals surface area contributed by atoms with E-state index in [0.717, 1.165) is 25.3 Å². The molecular weight excluding hydrogens is 320 g/mol. The molecule has 3 aromatic rings. The van der Waals surface area contributed by atoms with Gasteiger partial charge in [-0.25, -0.2) is 4.98 Å². The summed E-state index contributed by atoms with van der Waals surface area (Å²) in [5.74, 6) is 0.949. The highest BCUT2D eigenvalue weighted by Gasteiger charge is 2.30. The topological polar surface area (TPSA) is 86.3 Å². The number of aromatic nitrogens is 5. The molecule has 0 spiro atoms. The first-order chi connectivity index (χ1) is 12.2. The van der Waals surface area contributed by atoms with Crippen LogP contribution in [0.15, 0.2) is 36.9 Å². The first-order valence-corrected chi connectivity index (χ1v) is 8.40. The van der Waals surface area contributed by atoms with Gasteiger partial charge in [0.2, 0.25) is 0 Å². The average molecular weight is 340 g/mol. The molecule has 8 nitrogen and oxygen atoms in total. The Kier molecular flexibility index (Phi) is 4.19. The Morgan fingerprint density at radius 3 is 3.16 bits per heavy atom. The third-order valence-electron chi connectivity index (χ3n) is 4.63. The second-order valence-electron chi connectivity index (χ2n) is 6.26. The van der Waals surface area contributed by atoms with E-state index >= 15 is 0 Å². The number of imidazole rings is 1. The van der Waals surface area contributed by atoms with Gasteiger partial charge in [-0.3, -0.25) is 4.79 Å². The fourth-order valence-corrected chi connectivity index (χ4v) is 3.32. The third kappa shape index (κ3) is 3.00. The van der Waals surface area contributed by atoms with Gasteiger partial charge in [-0.15, -0.1) is 0 Å². The van der Waals surface area contributed by atoms with E-state index in [1.807, 2.05) is 23.9 Å². The molecule has 25 heavy (non-hydrogen) atoms. The van der Waals surface area contributed by atoms with Gasteiger partial charge in [-0.1, -0.05) is 0 Å². The number of carbonyl (C=O) groups is 1. The van der Waals surface area contributed by atoms with Crippen LogP contribution in [-0.2, 0) is 11.8 Å². The number of hydrogen-bond donors (Lipinski definition) is 1. The number of rotatable bonds is 4. The van der Waals surface area contributed by atoms with Gasteiger partial charge in [0.05, 0.1) is 11.8 Å². The first kappa shape index (κ1) is 15.8. The lowest BCUT2D eigenvalue weighted by molar-refractivity contribution is -0.0337. The SMILES string of the molecule is Cn1ccnc1[C@@H]1OCCC[C@H]1CNC(=O)c1cnn2ncccc12. The lowest BCUT2D eigenvalue weighted by atomic mass is 9.93. The molecule has 0 bridgehead atoms. The molecule has 0 unspecified atom stereocenters. The van der Waals surface area contributed by atoms with Crippen LogP contribution in [0.25, 0.3) is 5.52 Å². The maximum absolute atomic E-state index is 12.6. The van der Waals surface area contributed by atoms with Crippen molar-refractivity contribution in [2.75, 3.05) is 13.2 Å². The van der Waals surface area contributed by atoms with Gasteiger partial charge < -0.3 is 14.6 Å². The summed E-state index contributed by atoms with van der Waals surface area (Å²) in [4.78, 5) is 17.0. The molecule has 4 rings (SSSR count). The van der Waals surface area contributed by atoms with Crippen LogP contribution in [0.3, 0.4) is 0 Å². The highest BCUT2D eigenvalue weighted by atomic mass is 16.5. The molecule has 3 aromatic heterocycles. The van der Waals surface area contributed by atoms with Crippen molar-refractivity contribution >= 4 is 11.4 Å². The van der Waals surface area contributed by atoms with Crippen molar-refractivity contribution in [1.82, 2.24) is 29.7 Å². The van der Waals surface area contributed by atoms with E-state index in [4.69, 9.17) is 4.74 Å². The van der Waals surface area contributed by atoms with Crippen molar-refractivity contribution in [3.63, 3.8) is 0 Å². The lowest BCUT2D eigenvalue weighted by Crippen LogP contribution is -2.36. The van der Waals surface area contributed by atoms with Crippen LogP contribution in [0.1, 0.15) is 35.1 Å². The highest BCUT2D eigenvalue weighted by Crippen LogP contribution is 2.32. The summed E-state index contributed by atoms with van der Waals surface area (Å²) >= 11 is 0. The molecule has 1 aliphatic heterocycles. The van der Waals surface area contributed by atoms with Crippen LogP contribution in [0.5, 0.6) is 0 Å².